The van der Waals surface area contributed by atoms with Crippen molar-refractivity contribution in [1.29, 1.82) is 0 Å². The van der Waals surface area contributed by atoms with E-state index in [1.807, 2.05) is 48.5 Å². The monoisotopic (exact) mass is 393 g/mol. The molecule has 0 aromatic heterocycles. The molecule has 0 atom stereocenters. The molecule has 0 bridgehead atoms. The topological polar surface area (TPSA) is 58.9 Å². The number of carbonyl (C=O) groups excluding carboxylic acids is 1. The van der Waals surface area contributed by atoms with Gasteiger partial charge in [0.15, 0.2) is 0 Å². The van der Waals surface area contributed by atoms with Crippen LogP contribution in [0.3, 0.4) is 0 Å². The fraction of sp³-hybridized carbons (Fsp3) is 0.217. The first-order valence-corrected chi connectivity index (χ1v) is 10.1. The van der Waals surface area contributed by atoms with Crippen LogP contribution < -0.4 is 0 Å². The zero-order valence-corrected chi connectivity index (χ0v) is 17.0. The molecule has 0 radical (unpaired) electrons. The molecule has 0 fully saturated rings. The molecule has 1 N–H and O–H groups in total. The molecule has 2 aromatic carbocycles. The summed E-state index contributed by atoms with van der Waals surface area (Å²) in [4.78, 5) is 17.5. The van der Waals surface area contributed by atoms with Gasteiger partial charge in [-0.1, -0.05) is 68.1 Å². The van der Waals surface area contributed by atoms with Gasteiger partial charge < -0.3 is 9.84 Å². The van der Waals surface area contributed by atoms with Crippen molar-refractivity contribution in [2.45, 2.75) is 26.7 Å². The minimum absolute atomic E-state index is 0.0916. The second-order valence-electron chi connectivity index (χ2n) is 6.63. The van der Waals surface area contributed by atoms with Crippen molar-refractivity contribution in [2.24, 2.45) is 4.99 Å². The summed E-state index contributed by atoms with van der Waals surface area (Å²) in [6.45, 7) is 6.26. The second kappa shape index (κ2) is 8.93. The number of esters is 1. The third kappa shape index (κ3) is 4.54. The molecule has 0 unspecified atom stereocenters. The van der Waals surface area contributed by atoms with E-state index < -0.39 is 5.97 Å². The van der Waals surface area contributed by atoms with Crippen molar-refractivity contribution in [3.05, 3.63) is 82.0 Å². The number of benzene rings is 2. The van der Waals surface area contributed by atoms with Crippen LogP contribution in [-0.2, 0) is 9.53 Å². The molecule has 0 saturated carbocycles. The normalized spacial score (nSPS) is 17.0. The number of para-hydroxylation sites is 1. The van der Waals surface area contributed by atoms with Crippen LogP contribution in [0.5, 0.6) is 0 Å². The molecule has 4 nitrogen and oxygen atoms in total. The maximum atomic E-state index is 12.4. The first kappa shape index (κ1) is 20.0. The van der Waals surface area contributed by atoms with E-state index in [-0.39, 0.29) is 17.9 Å². The average Bonchev–Trinajstić information content (AvgIpc) is 2.98. The molecule has 5 heteroatoms. The number of carbonyl (C=O) groups is 1. The van der Waals surface area contributed by atoms with E-state index >= 15 is 0 Å². The van der Waals surface area contributed by atoms with Crippen LogP contribution >= 0.6 is 11.8 Å². The first-order chi connectivity index (χ1) is 13.5. The van der Waals surface area contributed by atoms with E-state index in [0.29, 0.717) is 21.6 Å². The molecular weight excluding hydrogens is 370 g/mol. The predicted octanol–water partition coefficient (Wildman–Crippen LogP) is 6.00. The van der Waals surface area contributed by atoms with Crippen molar-refractivity contribution < 1.29 is 14.6 Å². The Bertz CT molecular complexity index is 942. The molecule has 0 amide bonds. The number of thioether (sulfide) groups is 1. The minimum Gasteiger partial charge on any atom is -0.506 e. The predicted molar refractivity (Wildman–Crippen MR) is 116 cm³/mol. The Labute approximate surface area is 169 Å². The van der Waals surface area contributed by atoms with Crippen LogP contribution in [0.1, 0.15) is 37.8 Å². The van der Waals surface area contributed by atoms with E-state index in [1.165, 1.54) is 17.3 Å². The fourth-order valence-electron chi connectivity index (χ4n) is 2.74. The van der Waals surface area contributed by atoms with Gasteiger partial charge in [0.1, 0.15) is 16.4 Å². The highest BCUT2D eigenvalue weighted by Crippen LogP contribution is 2.40. The summed E-state index contributed by atoms with van der Waals surface area (Å²) >= 11 is 1.27. The van der Waals surface area contributed by atoms with E-state index in [4.69, 9.17) is 4.74 Å². The van der Waals surface area contributed by atoms with Gasteiger partial charge in [0.25, 0.3) is 0 Å². The van der Waals surface area contributed by atoms with Crippen molar-refractivity contribution in [2.75, 3.05) is 6.61 Å². The van der Waals surface area contributed by atoms with Gasteiger partial charge in [-0.05, 0) is 42.2 Å². The molecule has 28 heavy (non-hydrogen) atoms. The number of aliphatic hydroxyl groups excluding tert-OH is 1. The van der Waals surface area contributed by atoms with Gasteiger partial charge in [0.2, 0.25) is 0 Å². The first-order valence-electron chi connectivity index (χ1n) is 9.24. The summed E-state index contributed by atoms with van der Waals surface area (Å²) in [5.74, 6) is -0.206. The molecule has 2 aromatic rings. The van der Waals surface area contributed by atoms with Gasteiger partial charge in [-0.3, -0.25) is 0 Å². The fourth-order valence-corrected chi connectivity index (χ4v) is 3.78. The number of ether oxygens (including phenoxy) is 1. The molecule has 0 saturated heterocycles. The van der Waals surface area contributed by atoms with Crippen LogP contribution in [0.25, 0.3) is 6.08 Å². The number of aliphatic imine (C=N–C) groups is 1. The highest BCUT2D eigenvalue weighted by molar-refractivity contribution is 8.18. The lowest BCUT2D eigenvalue weighted by Gasteiger charge is -2.05. The number of hydrogen-bond acceptors (Lipinski definition) is 5. The number of nitrogens with zero attached hydrogens (tertiary/aromatic N) is 1. The molecule has 1 heterocycles. The maximum absolute atomic E-state index is 12.4. The Morgan fingerprint density at radius 2 is 1.82 bits per heavy atom. The van der Waals surface area contributed by atoms with Gasteiger partial charge in [-0.2, -0.15) is 0 Å². The number of hydrogen-bond donors (Lipinski definition) is 1. The quantitative estimate of drug-likeness (QED) is 0.633. The van der Waals surface area contributed by atoms with E-state index in [2.05, 4.69) is 31.0 Å². The summed E-state index contributed by atoms with van der Waals surface area (Å²) in [6.07, 6.45) is 1.86. The molecule has 144 valence electrons. The zero-order chi connectivity index (χ0) is 20.1. The second-order valence-corrected chi connectivity index (χ2v) is 7.66. The molecule has 1 aliphatic rings. The van der Waals surface area contributed by atoms with E-state index in [9.17, 15) is 9.90 Å². The van der Waals surface area contributed by atoms with E-state index in [0.717, 1.165) is 5.56 Å². The van der Waals surface area contributed by atoms with Gasteiger partial charge in [0.05, 0.1) is 17.2 Å². The van der Waals surface area contributed by atoms with Gasteiger partial charge >= 0.3 is 5.97 Å². The third-order valence-corrected chi connectivity index (χ3v) is 5.28. The van der Waals surface area contributed by atoms with Crippen molar-refractivity contribution in [3.63, 3.8) is 0 Å². The molecule has 3 rings (SSSR count). The van der Waals surface area contributed by atoms with E-state index in [1.54, 1.807) is 6.92 Å². The SMILES string of the molecule is CCOC(=O)C1=C(O)/C(=C/c2ccc(C(C)C)cc2)SC1=Nc1ccccc1. The smallest absolute Gasteiger partial charge is 0.344 e. The summed E-state index contributed by atoms with van der Waals surface area (Å²) < 4.78 is 5.13. The van der Waals surface area contributed by atoms with Crippen LogP contribution in [0.15, 0.2) is 75.8 Å². The highest BCUT2D eigenvalue weighted by atomic mass is 32.2. The summed E-state index contributed by atoms with van der Waals surface area (Å²) in [7, 11) is 0. The Morgan fingerprint density at radius 1 is 1.14 bits per heavy atom. The van der Waals surface area contributed by atoms with Crippen molar-refractivity contribution in [1.82, 2.24) is 0 Å². The standard InChI is InChI=1S/C23H23NO3S/c1-4-27-23(26)20-21(25)19(14-16-10-12-17(13-11-16)15(2)3)28-22(20)24-18-8-6-5-7-9-18/h5-15,25H,4H2,1-3H3/b19-14-,24-22?. The Morgan fingerprint density at radius 3 is 2.43 bits per heavy atom. The van der Waals surface area contributed by atoms with Gasteiger partial charge in [0, 0.05) is 0 Å². The minimum atomic E-state index is -0.569. The maximum Gasteiger partial charge on any atom is 0.344 e. The van der Waals surface area contributed by atoms with Crippen LogP contribution in [0.2, 0.25) is 0 Å². The number of rotatable bonds is 5. The van der Waals surface area contributed by atoms with Crippen LogP contribution in [0.4, 0.5) is 5.69 Å². The van der Waals surface area contributed by atoms with Crippen molar-refractivity contribution >= 4 is 34.5 Å². The van der Waals surface area contributed by atoms with Crippen LogP contribution in [-0.4, -0.2) is 22.7 Å². The van der Waals surface area contributed by atoms with Gasteiger partial charge in [-0.15, -0.1) is 0 Å². The Balaban J connectivity index is 1.98. The Kier molecular flexibility index (Phi) is 6.37. The lowest BCUT2D eigenvalue weighted by molar-refractivity contribution is -0.138. The largest absolute Gasteiger partial charge is 0.506 e. The van der Waals surface area contributed by atoms with Crippen molar-refractivity contribution in [3.8, 4) is 0 Å². The average molecular weight is 394 g/mol. The number of aliphatic hydroxyl groups is 1. The van der Waals surface area contributed by atoms with Gasteiger partial charge in [-0.25, -0.2) is 9.79 Å². The molecule has 1 aliphatic heterocycles. The highest BCUT2D eigenvalue weighted by Gasteiger charge is 2.33. The molecular formula is C23H23NO3S. The summed E-state index contributed by atoms with van der Waals surface area (Å²) in [5, 5.41) is 11.1. The summed E-state index contributed by atoms with van der Waals surface area (Å²) in [6, 6.07) is 17.5. The molecule has 0 aliphatic carbocycles. The lowest BCUT2D eigenvalue weighted by atomic mass is 10.0. The summed E-state index contributed by atoms with van der Waals surface area (Å²) in [5.41, 5.74) is 3.02. The molecule has 0 spiro atoms. The third-order valence-electron chi connectivity index (χ3n) is 4.26. The lowest BCUT2D eigenvalue weighted by Crippen LogP contribution is -2.12. The van der Waals surface area contributed by atoms with Crippen LogP contribution in [0, 0.1) is 0 Å². The zero-order valence-electron chi connectivity index (χ0n) is 16.2. The Hall–Kier alpha value is -2.79.